The number of anilines is 1. The van der Waals surface area contributed by atoms with Gasteiger partial charge in [0.05, 0.1) is 23.0 Å². The first-order valence-electron chi connectivity index (χ1n) is 9.46. The smallest absolute Gasteiger partial charge is 0.231 e. The van der Waals surface area contributed by atoms with Crippen molar-refractivity contribution in [2.75, 3.05) is 24.6 Å². The van der Waals surface area contributed by atoms with E-state index in [4.69, 9.17) is 4.74 Å². The van der Waals surface area contributed by atoms with E-state index < -0.39 is 0 Å². The summed E-state index contributed by atoms with van der Waals surface area (Å²) in [7, 11) is 0. The van der Waals surface area contributed by atoms with E-state index in [0.29, 0.717) is 24.3 Å². The summed E-state index contributed by atoms with van der Waals surface area (Å²) in [4.78, 5) is 15.6. The highest BCUT2D eigenvalue weighted by Crippen LogP contribution is 2.39. The van der Waals surface area contributed by atoms with Crippen molar-refractivity contribution in [2.24, 2.45) is 5.92 Å². The van der Waals surface area contributed by atoms with Crippen LogP contribution in [0.4, 0.5) is 5.95 Å². The van der Waals surface area contributed by atoms with Gasteiger partial charge in [0.2, 0.25) is 11.8 Å². The molecule has 2 fully saturated rings. The molecule has 1 saturated heterocycles. The third-order valence-electron chi connectivity index (χ3n) is 5.28. The van der Waals surface area contributed by atoms with Crippen LogP contribution >= 0.6 is 15.9 Å². The molecular weight excluding hydrogens is 408 g/mol. The van der Waals surface area contributed by atoms with Crippen molar-refractivity contribution < 1.29 is 4.74 Å². The van der Waals surface area contributed by atoms with E-state index in [0.717, 1.165) is 47.7 Å². The Hall–Kier alpha value is -2.22. The second-order valence-electron chi connectivity index (χ2n) is 7.36. The summed E-state index contributed by atoms with van der Waals surface area (Å²) < 4.78 is 8.73. The second-order valence-corrected chi connectivity index (χ2v) is 8.27. The Labute approximate surface area is 165 Å². The number of nitrogens with zero attached hydrogens (tertiary/aromatic N) is 6. The van der Waals surface area contributed by atoms with Crippen LogP contribution in [0.5, 0.6) is 5.88 Å². The van der Waals surface area contributed by atoms with Crippen molar-refractivity contribution in [3.05, 3.63) is 40.9 Å². The fourth-order valence-corrected chi connectivity index (χ4v) is 3.71. The van der Waals surface area contributed by atoms with Crippen LogP contribution in [0.3, 0.4) is 0 Å². The Balaban J connectivity index is 1.16. The molecule has 2 aliphatic rings. The van der Waals surface area contributed by atoms with Crippen LogP contribution in [0.1, 0.15) is 37.3 Å². The van der Waals surface area contributed by atoms with Gasteiger partial charge in [-0.05, 0) is 53.6 Å². The summed E-state index contributed by atoms with van der Waals surface area (Å²) in [5, 5.41) is 4.56. The highest BCUT2D eigenvalue weighted by molar-refractivity contribution is 9.10. The van der Waals surface area contributed by atoms with Crippen LogP contribution in [0.2, 0.25) is 0 Å². The van der Waals surface area contributed by atoms with E-state index in [2.05, 4.69) is 40.9 Å². The van der Waals surface area contributed by atoms with Crippen molar-refractivity contribution in [1.29, 1.82) is 0 Å². The van der Waals surface area contributed by atoms with E-state index in [1.54, 1.807) is 12.4 Å². The van der Waals surface area contributed by atoms with Gasteiger partial charge < -0.3 is 9.64 Å². The average Bonchev–Trinajstić information content (AvgIpc) is 3.47. The number of imidazole rings is 1. The van der Waals surface area contributed by atoms with Gasteiger partial charge >= 0.3 is 0 Å². The van der Waals surface area contributed by atoms with Crippen molar-refractivity contribution in [3.63, 3.8) is 0 Å². The molecule has 0 atom stereocenters. The lowest BCUT2D eigenvalue weighted by molar-refractivity contribution is 0.213. The third kappa shape index (κ3) is 3.76. The maximum atomic E-state index is 5.98. The second kappa shape index (κ2) is 7.07. The molecule has 1 saturated carbocycles. The van der Waals surface area contributed by atoms with Crippen LogP contribution in [-0.4, -0.2) is 44.3 Å². The highest BCUT2D eigenvalue weighted by Gasteiger charge is 2.26. The van der Waals surface area contributed by atoms with Crippen LogP contribution in [0.25, 0.3) is 5.65 Å². The molecule has 7 nitrogen and oxygen atoms in total. The Morgan fingerprint density at radius 3 is 2.59 bits per heavy atom. The maximum absolute atomic E-state index is 5.98. The van der Waals surface area contributed by atoms with Gasteiger partial charge in [-0.3, -0.25) is 0 Å². The maximum Gasteiger partial charge on any atom is 0.231 e. The third-order valence-corrected chi connectivity index (χ3v) is 5.69. The monoisotopic (exact) mass is 428 g/mol. The minimum Gasteiger partial charge on any atom is -0.476 e. The zero-order chi connectivity index (χ0) is 18.2. The summed E-state index contributed by atoms with van der Waals surface area (Å²) in [5.74, 6) is 2.63. The normalized spacial score (nSPS) is 18.2. The number of piperidine rings is 1. The summed E-state index contributed by atoms with van der Waals surface area (Å²) in [6.45, 7) is 2.60. The zero-order valence-corrected chi connectivity index (χ0v) is 16.5. The first-order chi connectivity index (χ1) is 13.2. The summed E-state index contributed by atoms with van der Waals surface area (Å²) in [5.41, 5.74) is 2.05. The molecule has 1 aliphatic carbocycles. The molecule has 0 spiro atoms. The fraction of sp³-hybridized carbons (Fsp3) is 0.474. The predicted molar refractivity (Wildman–Crippen MR) is 105 cm³/mol. The number of rotatable bonds is 5. The lowest BCUT2D eigenvalue weighted by Crippen LogP contribution is -2.36. The molecule has 140 valence electrons. The minimum absolute atomic E-state index is 0.527. The van der Waals surface area contributed by atoms with Gasteiger partial charge in [0.25, 0.3) is 0 Å². The van der Waals surface area contributed by atoms with Crippen molar-refractivity contribution >= 4 is 27.5 Å². The van der Waals surface area contributed by atoms with E-state index in [1.165, 1.54) is 12.8 Å². The molecule has 0 N–H and O–H groups in total. The number of aromatic nitrogens is 5. The first kappa shape index (κ1) is 16.9. The molecule has 0 unspecified atom stereocenters. The summed E-state index contributed by atoms with van der Waals surface area (Å²) in [6, 6.07) is 3.91. The van der Waals surface area contributed by atoms with Gasteiger partial charge in [0.1, 0.15) is 0 Å². The SMILES string of the molecule is Brc1cnc(N2CCC(COc3ccc4nc(C5CC5)cn4n3)CC2)nc1. The van der Waals surface area contributed by atoms with Gasteiger partial charge in [-0.2, -0.15) is 0 Å². The van der Waals surface area contributed by atoms with E-state index >= 15 is 0 Å². The molecule has 3 aromatic heterocycles. The van der Waals surface area contributed by atoms with E-state index in [-0.39, 0.29) is 0 Å². The molecule has 4 heterocycles. The average molecular weight is 429 g/mol. The van der Waals surface area contributed by atoms with Crippen LogP contribution in [0.15, 0.2) is 35.2 Å². The van der Waals surface area contributed by atoms with Gasteiger partial charge in [-0.1, -0.05) is 0 Å². The Morgan fingerprint density at radius 2 is 1.85 bits per heavy atom. The quantitative estimate of drug-likeness (QED) is 0.619. The number of fused-ring (bicyclic) bond motifs is 1. The summed E-state index contributed by atoms with van der Waals surface area (Å²) in [6.07, 6.45) is 10.3. The van der Waals surface area contributed by atoms with E-state index in [1.807, 2.05) is 22.8 Å². The summed E-state index contributed by atoms with van der Waals surface area (Å²) >= 11 is 3.38. The molecule has 0 amide bonds. The molecule has 0 radical (unpaired) electrons. The van der Waals surface area contributed by atoms with Gasteiger partial charge in [0.15, 0.2) is 5.65 Å². The lowest BCUT2D eigenvalue weighted by atomic mass is 9.98. The number of ether oxygens (including phenoxy) is 1. The standard InChI is InChI=1S/C19H21BrN6O/c20-15-9-21-19(22-10-15)25-7-5-13(6-8-25)12-27-18-4-3-17-23-16(14-1-2-14)11-26(17)24-18/h3-4,9-11,13-14H,1-2,5-8,12H2. The van der Waals surface area contributed by atoms with Crippen LogP contribution in [0, 0.1) is 5.92 Å². The van der Waals surface area contributed by atoms with Gasteiger partial charge in [-0.25, -0.2) is 19.5 Å². The first-order valence-corrected chi connectivity index (χ1v) is 10.3. The van der Waals surface area contributed by atoms with Crippen molar-refractivity contribution in [2.45, 2.75) is 31.6 Å². The molecule has 27 heavy (non-hydrogen) atoms. The van der Waals surface area contributed by atoms with Crippen LogP contribution < -0.4 is 9.64 Å². The molecule has 0 aromatic carbocycles. The highest BCUT2D eigenvalue weighted by atomic mass is 79.9. The minimum atomic E-state index is 0.527. The molecule has 3 aromatic rings. The Kier molecular flexibility index (Phi) is 4.43. The fourth-order valence-electron chi connectivity index (χ4n) is 3.51. The van der Waals surface area contributed by atoms with Gasteiger partial charge in [-0.15, -0.1) is 5.10 Å². The number of hydrogen-bond donors (Lipinski definition) is 0. The molecule has 8 heteroatoms. The topological polar surface area (TPSA) is 68.4 Å². The lowest BCUT2D eigenvalue weighted by Gasteiger charge is -2.31. The Bertz CT molecular complexity index is 931. The van der Waals surface area contributed by atoms with Crippen molar-refractivity contribution in [3.8, 4) is 5.88 Å². The zero-order valence-electron chi connectivity index (χ0n) is 15.0. The van der Waals surface area contributed by atoms with Crippen LogP contribution in [-0.2, 0) is 0 Å². The largest absolute Gasteiger partial charge is 0.476 e. The molecule has 0 bridgehead atoms. The molecule has 1 aliphatic heterocycles. The number of hydrogen-bond acceptors (Lipinski definition) is 6. The number of halogens is 1. The van der Waals surface area contributed by atoms with E-state index in [9.17, 15) is 0 Å². The Morgan fingerprint density at radius 1 is 1.07 bits per heavy atom. The van der Waals surface area contributed by atoms with Gasteiger partial charge in [0, 0.05) is 37.5 Å². The predicted octanol–water partition coefficient (Wildman–Crippen LogP) is 3.45. The molecule has 5 rings (SSSR count). The van der Waals surface area contributed by atoms with Crippen molar-refractivity contribution in [1.82, 2.24) is 24.6 Å². The molecular formula is C19H21BrN6O.